The van der Waals surface area contributed by atoms with Crippen LogP contribution in [0.2, 0.25) is 0 Å². The minimum absolute atomic E-state index is 0.931. The molecule has 0 amide bonds. The number of benzene rings is 10. The van der Waals surface area contributed by atoms with E-state index in [0.29, 0.717) is 0 Å². The summed E-state index contributed by atoms with van der Waals surface area (Å²) in [4.78, 5) is 5.58. The molecule has 13 rings (SSSR count). The molecule has 274 valence electrons. The second-order valence-electron chi connectivity index (χ2n) is 15.5. The van der Waals surface area contributed by atoms with Crippen molar-refractivity contribution in [2.24, 2.45) is 0 Å². The molecular weight excluding hydrogens is 717 g/mol. The van der Waals surface area contributed by atoms with Crippen LogP contribution in [-0.4, -0.2) is 18.7 Å². The first-order chi connectivity index (χ1) is 29.3. The molecular formula is C55H34N4. The quantitative estimate of drug-likeness (QED) is 0.165. The lowest BCUT2D eigenvalue weighted by atomic mass is 10.00. The van der Waals surface area contributed by atoms with Gasteiger partial charge in [-0.3, -0.25) is 4.57 Å². The molecule has 0 bridgehead atoms. The fourth-order valence-corrected chi connectivity index (χ4v) is 9.87. The molecule has 0 aliphatic carbocycles. The van der Waals surface area contributed by atoms with E-state index in [1.54, 1.807) is 0 Å². The minimum Gasteiger partial charge on any atom is -0.309 e. The van der Waals surface area contributed by atoms with Crippen LogP contribution in [0.5, 0.6) is 0 Å². The van der Waals surface area contributed by atoms with Crippen LogP contribution in [0.25, 0.3) is 115 Å². The Morgan fingerprint density at radius 2 is 0.746 bits per heavy atom. The normalized spacial score (nSPS) is 12.1. The van der Waals surface area contributed by atoms with E-state index in [9.17, 15) is 0 Å². The first-order valence-corrected chi connectivity index (χ1v) is 20.2. The van der Waals surface area contributed by atoms with Crippen LogP contribution in [0.3, 0.4) is 0 Å². The van der Waals surface area contributed by atoms with Gasteiger partial charge in [0.1, 0.15) is 5.82 Å². The van der Waals surface area contributed by atoms with Crippen LogP contribution in [-0.2, 0) is 0 Å². The van der Waals surface area contributed by atoms with Crippen molar-refractivity contribution in [2.75, 3.05) is 0 Å². The highest BCUT2D eigenvalue weighted by Crippen LogP contribution is 2.42. The van der Waals surface area contributed by atoms with Crippen molar-refractivity contribution in [3.8, 4) is 28.5 Å². The molecule has 59 heavy (non-hydrogen) atoms. The summed E-state index contributed by atoms with van der Waals surface area (Å²) in [5.74, 6) is 0.931. The standard InChI is InChI=1S/C55H34N4/c1-2-17-36(18-3-1)57-49-27-12-10-22-42(49)47-34-52-48(33-51(47)57)43-23-11-13-28-50(43)58(52)37-29-31-38(32-30-37)59-54-45-25-9-7-21-41(45)40-20-6-8-24-44(40)53(54)56-55(59)46-26-14-16-35-15-4-5-19-39(35)46/h1-34H. The average Bonchev–Trinajstić information content (AvgIpc) is 3.97. The summed E-state index contributed by atoms with van der Waals surface area (Å²) in [6.07, 6.45) is 0. The lowest BCUT2D eigenvalue weighted by Gasteiger charge is -2.15. The molecule has 10 aromatic carbocycles. The van der Waals surface area contributed by atoms with Crippen molar-refractivity contribution in [1.29, 1.82) is 0 Å². The zero-order chi connectivity index (χ0) is 38.6. The predicted octanol–water partition coefficient (Wildman–Crippen LogP) is 14.3. The van der Waals surface area contributed by atoms with Gasteiger partial charge in [0.05, 0.1) is 33.1 Å². The van der Waals surface area contributed by atoms with Gasteiger partial charge in [-0.1, -0.05) is 146 Å². The van der Waals surface area contributed by atoms with Gasteiger partial charge in [0.25, 0.3) is 0 Å². The van der Waals surface area contributed by atoms with E-state index in [1.165, 1.54) is 70.5 Å². The number of hydrogen-bond acceptors (Lipinski definition) is 1. The minimum atomic E-state index is 0.931. The van der Waals surface area contributed by atoms with Crippen LogP contribution >= 0.6 is 0 Å². The molecule has 0 aliphatic rings. The molecule has 13 aromatic rings. The maximum atomic E-state index is 5.58. The number of rotatable bonds is 4. The van der Waals surface area contributed by atoms with Crippen molar-refractivity contribution in [3.05, 3.63) is 206 Å². The third kappa shape index (κ3) is 4.57. The van der Waals surface area contributed by atoms with Crippen molar-refractivity contribution >= 4 is 87.0 Å². The van der Waals surface area contributed by atoms with Crippen LogP contribution in [0.15, 0.2) is 206 Å². The number of aromatic nitrogens is 4. The van der Waals surface area contributed by atoms with Gasteiger partial charge in [-0.05, 0) is 82.2 Å². The highest BCUT2D eigenvalue weighted by Gasteiger charge is 2.22. The van der Waals surface area contributed by atoms with Gasteiger partial charge >= 0.3 is 0 Å². The fraction of sp³-hybridized carbons (Fsp3) is 0. The van der Waals surface area contributed by atoms with Gasteiger partial charge < -0.3 is 9.13 Å². The summed E-state index contributed by atoms with van der Waals surface area (Å²) in [5, 5.41) is 12.1. The third-order valence-corrected chi connectivity index (χ3v) is 12.4. The zero-order valence-electron chi connectivity index (χ0n) is 31.9. The molecule has 0 radical (unpaired) electrons. The Hall–Kier alpha value is -7.95. The third-order valence-electron chi connectivity index (χ3n) is 12.4. The van der Waals surface area contributed by atoms with Gasteiger partial charge in [0.2, 0.25) is 0 Å². The van der Waals surface area contributed by atoms with Crippen molar-refractivity contribution in [1.82, 2.24) is 18.7 Å². The van der Waals surface area contributed by atoms with Crippen molar-refractivity contribution in [2.45, 2.75) is 0 Å². The second kappa shape index (κ2) is 12.3. The first kappa shape index (κ1) is 32.2. The second-order valence-corrected chi connectivity index (χ2v) is 15.5. The molecule has 0 spiro atoms. The Bertz CT molecular complexity index is 3820. The van der Waals surface area contributed by atoms with Crippen LogP contribution in [0.4, 0.5) is 0 Å². The molecule has 3 aromatic heterocycles. The molecule has 0 N–H and O–H groups in total. The lowest BCUT2D eigenvalue weighted by molar-refractivity contribution is 1.10. The Labute approximate surface area is 339 Å². The maximum Gasteiger partial charge on any atom is 0.146 e. The van der Waals surface area contributed by atoms with Crippen LogP contribution < -0.4 is 0 Å². The molecule has 0 atom stereocenters. The summed E-state index contributed by atoms with van der Waals surface area (Å²) in [7, 11) is 0. The fourth-order valence-electron chi connectivity index (χ4n) is 9.87. The summed E-state index contributed by atoms with van der Waals surface area (Å²) < 4.78 is 7.23. The number of imidazole rings is 1. The first-order valence-electron chi connectivity index (χ1n) is 20.2. The van der Waals surface area contributed by atoms with E-state index in [-0.39, 0.29) is 0 Å². The Balaban J connectivity index is 1.08. The van der Waals surface area contributed by atoms with Gasteiger partial charge in [-0.25, -0.2) is 4.98 Å². The summed E-state index contributed by atoms with van der Waals surface area (Å²) in [5.41, 5.74) is 11.3. The maximum absolute atomic E-state index is 5.58. The number of nitrogens with zero attached hydrogens (tertiary/aromatic N) is 4. The number of para-hydroxylation sites is 3. The van der Waals surface area contributed by atoms with E-state index < -0.39 is 0 Å². The van der Waals surface area contributed by atoms with Crippen molar-refractivity contribution in [3.63, 3.8) is 0 Å². The summed E-state index contributed by atoms with van der Waals surface area (Å²) in [6, 6.07) is 74.8. The van der Waals surface area contributed by atoms with Crippen molar-refractivity contribution < 1.29 is 0 Å². The van der Waals surface area contributed by atoms with Crippen LogP contribution in [0.1, 0.15) is 0 Å². The number of hydrogen-bond donors (Lipinski definition) is 0. The van der Waals surface area contributed by atoms with E-state index >= 15 is 0 Å². The molecule has 3 heterocycles. The molecule has 4 heteroatoms. The monoisotopic (exact) mass is 750 g/mol. The smallest absolute Gasteiger partial charge is 0.146 e. The molecule has 0 aliphatic heterocycles. The topological polar surface area (TPSA) is 27.7 Å². The molecule has 0 saturated heterocycles. The van der Waals surface area contributed by atoms with Crippen LogP contribution in [0, 0.1) is 0 Å². The largest absolute Gasteiger partial charge is 0.309 e. The SMILES string of the molecule is c1ccc(-n2c3ccccc3c3cc4c(cc32)c2ccccc2n4-c2ccc(-n3c(-c4cccc5ccccc45)nc4c5ccccc5c5ccccc5c43)cc2)cc1. The molecule has 4 nitrogen and oxygen atoms in total. The van der Waals surface area contributed by atoms with E-state index in [4.69, 9.17) is 4.98 Å². The average molecular weight is 751 g/mol. The van der Waals surface area contributed by atoms with E-state index in [0.717, 1.165) is 44.9 Å². The Kier molecular flexibility index (Phi) is 6.69. The highest BCUT2D eigenvalue weighted by molar-refractivity contribution is 6.24. The molecule has 0 saturated carbocycles. The molecule has 0 fully saturated rings. The molecule has 0 unspecified atom stereocenters. The van der Waals surface area contributed by atoms with Gasteiger partial charge in [-0.15, -0.1) is 0 Å². The zero-order valence-corrected chi connectivity index (χ0v) is 31.9. The van der Waals surface area contributed by atoms with Gasteiger partial charge in [0, 0.05) is 54.9 Å². The Morgan fingerprint density at radius 3 is 1.39 bits per heavy atom. The summed E-state index contributed by atoms with van der Waals surface area (Å²) >= 11 is 0. The van der Waals surface area contributed by atoms with Gasteiger partial charge in [-0.2, -0.15) is 0 Å². The van der Waals surface area contributed by atoms with Gasteiger partial charge in [0.15, 0.2) is 0 Å². The lowest BCUT2D eigenvalue weighted by Crippen LogP contribution is -2.00. The van der Waals surface area contributed by atoms with E-state index in [2.05, 4.69) is 220 Å². The number of fused-ring (bicyclic) bond motifs is 13. The Morgan fingerprint density at radius 1 is 0.288 bits per heavy atom. The van der Waals surface area contributed by atoms with E-state index in [1.807, 2.05) is 0 Å². The predicted molar refractivity (Wildman–Crippen MR) is 248 cm³/mol. The summed E-state index contributed by atoms with van der Waals surface area (Å²) in [6.45, 7) is 0. The highest BCUT2D eigenvalue weighted by atomic mass is 15.1.